The van der Waals surface area contributed by atoms with E-state index in [4.69, 9.17) is 9.47 Å². The number of carbonyl (C=O) groups is 2. The van der Waals surface area contributed by atoms with Gasteiger partial charge in [0.2, 0.25) is 0 Å². The largest absolute Gasteiger partial charge is 0.493 e. The predicted octanol–water partition coefficient (Wildman–Crippen LogP) is 4.85. The van der Waals surface area contributed by atoms with Crippen LogP contribution >= 0.6 is 0 Å². The number of imide groups is 1. The molecule has 2 saturated heterocycles. The number of para-hydroxylation sites is 1. The van der Waals surface area contributed by atoms with Crippen LogP contribution in [0.4, 0.5) is 10.5 Å². The highest BCUT2D eigenvalue weighted by Gasteiger charge is 2.60. The smallest absolute Gasteiger partial charge is 0.332 e. The number of piperidine rings is 1. The van der Waals surface area contributed by atoms with Crippen molar-refractivity contribution in [3.8, 4) is 11.5 Å². The minimum absolute atomic E-state index is 0.0130. The number of benzene rings is 3. The quantitative estimate of drug-likeness (QED) is 0.443. The summed E-state index contributed by atoms with van der Waals surface area (Å²) in [5.41, 5.74) is 3.26. The van der Waals surface area contributed by atoms with Gasteiger partial charge in [0.1, 0.15) is 5.54 Å². The van der Waals surface area contributed by atoms with Gasteiger partial charge in [-0.2, -0.15) is 0 Å². The van der Waals surface area contributed by atoms with Gasteiger partial charge in [-0.25, -0.2) is 9.69 Å². The fourth-order valence-corrected chi connectivity index (χ4v) is 6.49. The molecule has 7 heteroatoms. The predicted molar refractivity (Wildman–Crippen MR) is 146 cm³/mol. The Bertz CT molecular complexity index is 1350. The molecule has 3 aliphatic rings. The Hall–Kier alpha value is -3.84. The van der Waals surface area contributed by atoms with Crippen LogP contribution in [0.25, 0.3) is 0 Å². The molecule has 3 aliphatic heterocycles. The molecule has 0 saturated carbocycles. The highest BCUT2D eigenvalue weighted by Crippen LogP contribution is 2.49. The summed E-state index contributed by atoms with van der Waals surface area (Å²) in [4.78, 5) is 34.0. The van der Waals surface area contributed by atoms with Gasteiger partial charge in [-0.15, -0.1) is 0 Å². The minimum atomic E-state index is -0.898. The molecule has 7 nitrogen and oxygen atoms in total. The normalized spacial score (nSPS) is 22.9. The average Bonchev–Trinajstić information content (AvgIpc) is 3.16. The summed E-state index contributed by atoms with van der Waals surface area (Å²) < 4.78 is 11.2. The lowest BCUT2D eigenvalue weighted by molar-refractivity contribution is -0.129. The summed E-state index contributed by atoms with van der Waals surface area (Å²) in [6.45, 7) is 2.16. The maximum absolute atomic E-state index is 14.3. The van der Waals surface area contributed by atoms with E-state index in [0.717, 1.165) is 36.4 Å². The highest BCUT2D eigenvalue weighted by molar-refractivity contribution is 6.23. The van der Waals surface area contributed by atoms with E-state index >= 15 is 0 Å². The Morgan fingerprint density at radius 3 is 2.29 bits per heavy atom. The van der Waals surface area contributed by atoms with Crippen molar-refractivity contribution in [2.75, 3.05) is 38.8 Å². The van der Waals surface area contributed by atoms with Crippen LogP contribution in [0.3, 0.4) is 0 Å². The molecule has 3 heterocycles. The molecule has 0 N–H and O–H groups in total. The first-order valence-electron chi connectivity index (χ1n) is 13.3. The molecule has 0 unspecified atom stereocenters. The van der Waals surface area contributed by atoms with Gasteiger partial charge < -0.3 is 14.4 Å². The van der Waals surface area contributed by atoms with E-state index in [1.807, 2.05) is 53.4 Å². The molecule has 3 aromatic carbocycles. The number of hydrogen-bond donors (Lipinski definition) is 0. The van der Waals surface area contributed by atoms with Crippen LogP contribution in [-0.4, -0.2) is 61.1 Å². The number of ether oxygens (including phenoxy) is 2. The molecule has 3 aromatic rings. The first kappa shape index (κ1) is 24.5. The van der Waals surface area contributed by atoms with Gasteiger partial charge in [0, 0.05) is 25.7 Å². The lowest BCUT2D eigenvalue weighted by Gasteiger charge is -2.49. The van der Waals surface area contributed by atoms with E-state index in [0.29, 0.717) is 37.2 Å². The van der Waals surface area contributed by atoms with E-state index in [2.05, 4.69) is 29.2 Å². The SMILES string of the molecule is COc1cc2c(cc1OC)[C@@H]1C[C@]3(CCN1CC2)C(=O)N(c1ccccc1)C(=O)N3CCc1ccccc1. The third-order valence-electron chi connectivity index (χ3n) is 8.48. The summed E-state index contributed by atoms with van der Waals surface area (Å²) in [7, 11) is 3.30. The van der Waals surface area contributed by atoms with Crippen LogP contribution in [0.15, 0.2) is 72.8 Å². The van der Waals surface area contributed by atoms with Gasteiger partial charge in [0.05, 0.1) is 19.9 Å². The van der Waals surface area contributed by atoms with Gasteiger partial charge in [-0.3, -0.25) is 9.69 Å². The second-order valence-electron chi connectivity index (χ2n) is 10.3. The average molecular weight is 512 g/mol. The van der Waals surface area contributed by atoms with E-state index < -0.39 is 5.54 Å². The molecule has 1 spiro atoms. The van der Waals surface area contributed by atoms with Crippen molar-refractivity contribution in [3.05, 3.63) is 89.5 Å². The molecule has 196 valence electrons. The van der Waals surface area contributed by atoms with Gasteiger partial charge in [-0.1, -0.05) is 48.5 Å². The van der Waals surface area contributed by atoms with Crippen molar-refractivity contribution in [2.24, 2.45) is 0 Å². The number of hydrogen-bond acceptors (Lipinski definition) is 5. The number of urea groups is 1. The molecule has 0 bridgehead atoms. The number of rotatable bonds is 6. The standard InChI is InChI=1S/C31H33N3O4/c1-37-27-19-23-14-16-32-18-15-31(21-26(32)25(23)20-28(27)38-2)29(35)34(24-11-7-4-8-12-24)30(36)33(31)17-13-22-9-5-3-6-10-22/h3-12,19-20,26H,13-18,21H2,1-2H3/t26-,31+/m0/s1. The monoisotopic (exact) mass is 511 g/mol. The number of fused-ring (bicyclic) bond motifs is 3. The molecule has 38 heavy (non-hydrogen) atoms. The van der Waals surface area contributed by atoms with Gasteiger partial charge in [0.15, 0.2) is 11.5 Å². The molecule has 0 radical (unpaired) electrons. The zero-order valence-corrected chi connectivity index (χ0v) is 21.9. The topological polar surface area (TPSA) is 62.3 Å². The van der Waals surface area contributed by atoms with Crippen molar-refractivity contribution in [2.45, 2.75) is 37.3 Å². The zero-order chi connectivity index (χ0) is 26.3. The summed E-state index contributed by atoms with van der Waals surface area (Å²) in [5, 5.41) is 0. The van der Waals surface area contributed by atoms with E-state index in [1.165, 1.54) is 10.5 Å². The maximum atomic E-state index is 14.3. The van der Waals surface area contributed by atoms with Crippen LogP contribution in [0, 0.1) is 0 Å². The van der Waals surface area contributed by atoms with Crippen molar-refractivity contribution in [1.82, 2.24) is 9.80 Å². The molecule has 0 aliphatic carbocycles. The van der Waals surface area contributed by atoms with Crippen LogP contribution in [0.1, 0.15) is 35.6 Å². The Labute approximate surface area is 223 Å². The van der Waals surface area contributed by atoms with Gasteiger partial charge in [0.25, 0.3) is 5.91 Å². The fourth-order valence-electron chi connectivity index (χ4n) is 6.49. The Balaban J connectivity index is 1.40. The molecular formula is C31H33N3O4. The number of amides is 3. The molecule has 2 fully saturated rings. The van der Waals surface area contributed by atoms with Crippen LogP contribution in [-0.2, 0) is 17.6 Å². The number of anilines is 1. The highest BCUT2D eigenvalue weighted by atomic mass is 16.5. The summed E-state index contributed by atoms with van der Waals surface area (Å²) in [5.74, 6) is 1.29. The molecule has 3 amide bonds. The third kappa shape index (κ3) is 3.93. The van der Waals surface area contributed by atoms with E-state index in [1.54, 1.807) is 14.2 Å². The molecule has 0 aromatic heterocycles. The van der Waals surface area contributed by atoms with E-state index in [-0.39, 0.29) is 18.0 Å². The van der Waals surface area contributed by atoms with Crippen molar-refractivity contribution < 1.29 is 19.1 Å². The first-order chi connectivity index (χ1) is 18.6. The Morgan fingerprint density at radius 2 is 1.58 bits per heavy atom. The van der Waals surface area contributed by atoms with Crippen molar-refractivity contribution in [1.29, 1.82) is 0 Å². The van der Waals surface area contributed by atoms with Crippen molar-refractivity contribution >= 4 is 17.6 Å². The Morgan fingerprint density at radius 1 is 0.895 bits per heavy atom. The lowest BCUT2D eigenvalue weighted by atomic mass is 9.76. The lowest BCUT2D eigenvalue weighted by Crippen LogP contribution is -2.58. The summed E-state index contributed by atoms with van der Waals surface area (Å²) in [6, 6.07) is 23.4. The van der Waals surface area contributed by atoms with Crippen LogP contribution in [0.2, 0.25) is 0 Å². The fraction of sp³-hybridized carbons (Fsp3) is 0.355. The number of methoxy groups -OCH3 is 2. The summed E-state index contributed by atoms with van der Waals surface area (Å²) in [6.07, 6.45) is 2.78. The maximum Gasteiger partial charge on any atom is 0.332 e. The summed E-state index contributed by atoms with van der Waals surface area (Å²) >= 11 is 0. The Kier molecular flexibility index (Phi) is 6.32. The second kappa shape index (κ2) is 9.80. The first-order valence-corrected chi connectivity index (χ1v) is 13.3. The van der Waals surface area contributed by atoms with Crippen molar-refractivity contribution in [3.63, 3.8) is 0 Å². The second-order valence-corrected chi connectivity index (χ2v) is 10.3. The molecular weight excluding hydrogens is 478 g/mol. The van der Waals surface area contributed by atoms with Crippen LogP contribution in [0.5, 0.6) is 11.5 Å². The van der Waals surface area contributed by atoms with Crippen LogP contribution < -0.4 is 14.4 Å². The third-order valence-corrected chi connectivity index (χ3v) is 8.48. The minimum Gasteiger partial charge on any atom is -0.493 e. The molecule has 2 atom stereocenters. The van der Waals surface area contributed by atoms with Gasteiger partial charge >= 0.3 is 6.03 Å². The number of carbonyl (C=O) groups excluding carboxylic acids is 2. The van der Waals surface area contributed by atoms with Gasteiger partial charge in [-0.05, 0) is 66.6 Å². The number of nitrogens with zero attached hydrogens (tertiary/aromatic N) is 3. The van der Waals surface area contributed by atoms with E-state index in [9.17, 15) is 9.59 Å². The zero-order valence-electron chi connectivity index (χ0n) is 21.9. The molecule has 6 rings (SSSR count).